The highest BCUT2D eigenvalue weighted by Gasteiger charge is 2.28. The molecule has 1 N–H and O–H groups in total. The molecule has 5 heteroatoms. The van der Waals surface area contributed by atoms with Crippen LogP contribution in [0.15, 0.2) is 18.2 Å². The smallest absolute Gasteiger partial charge is 0.257 e. The van der Waals surface area contributed by atoms with Gasteiger partial charge in [0.05, 0.1) is 5.56 Å². The van der Waals surface area contributed by atoms with Gasteiger partial charge in [0.1, 0.15) is 5.75 Å². The lowest BCUT2D eigenvalue weighted by Gasteiger charge is -2.34. The highest BCUT2D eigenvalue weighted by Crippen LogP contribution is 2.27. The largest absolute Gasteiger partial charge is 0.507 e. The Labute approximate surface area is 129 Å². The lowest BCUT2D eigenvalue weighted by atomic mass is 9.98. The quantitative estimate of drug-likeness (QED) is 0.556. The predicted molar refractivity (Wildman–Crippen MR) is 83.2 cm³/mol. The molecule has 3 nitrogen and oxygen atoms in total. The van der Waals surface area contributed by atoms with Crippen molar-refractivity contribution in [2.75, 3.05) is 13.1 Å². The standard InChI is InChI=1S/C13H15BrINO2/c1-8-4-5-16(7-11(8)14)13(18)10-6-9(15)2-3-12(10)17/h2-3,6,8,11,17H,4-5,7H2,1H3. The molecule has 18 heavy (non-hydrogen) atoms. The van der Waals surface area contributed by atoms with Crippen LogP contribution in [0, 0.1) is 9.49 Å². The van der Waals surface area contributed by atoms with Gasteiger partial charge < -0.3 is 10.0 Å². The molecule has 1 aromatic rings. The molecule has 0 bridgehead atoms. The fourth-order valence-electron chi connectivity index (χ4n) is 2.06. The van der Waals surface area contributed by atoms with E-state index in [1.165, 1.54) is 0 Å². The van der Waals surface area contributed by atoms with Crippen LogP contribution in [-0.4, -0.2) is 33.8 Å². The van der Waals surface area contributed by atoms with E-state index in [2.05, 4.69) is 45.4 Å². The summed E-state index contributed by atoms with van der Waals surface area (Å²) in [6, 6.07) is 5.10. The predicted octanol–water partition coefficient (Wildman–Crippen LogP) is 3.24. The Balaban J connectivity index is 2.19. The number of likely N-dealkylation sites (tertiary alicyclic amines) is 1. The number of phenolic OH excluding ortho intramolecular Hbond substituents is 1. The lowest BCUT2D eigenvalue weighted by molar-refractivity contribution is 0.0703. The van der Waals surface area contributed by atoms with Crippen LogP contribution < -0.4 is 0 Å². The number of amides is 1. The Kier molecular flexibility index (Phi) is 4.53. The molecular formula is C13H15BrINO2. The van der Waals surface area contributed by atoms with Crippen molar-refractivity contribution < 1.29 is 9.90 Å². The van der Waals surface area contributed by atoms with E-state index in [4.69, 9.17) is 0 Å². The van der Waals surface area contributed by atoms with Crippen LogP contribution in [0.2, 0.25) is 0 Å². The van der Waals surface area contributed by atoms with Crippen molar-refractivity contribution in [3.05, 3.63) is 27.3 Å². The third-order valence-corrected chi connectivity index (χ3v) is 5.21. The van der Waals surface area contributed by atoms with E-state index in [-0.39, 0.29) is 11.7 Å². The van der Waals surface area contributed by atoms with Gasteiger partial charge in [0.15, 0.2) is 0 Å². The summed E-state index contributed by atoms with van der Waals surface area (Å²) in [5, 5.41) is 9.79. The summed E-state index contributed by atoms with van der Waals surface area (Å²) in [6.45, 7) is 3.64. The Morgan fingerprint density at radius 3 is 2.94 bits per heavy atom. The lowest BCUT2D eigenvalue weighted by Crippen LogP contribution is -2.43. The Morgan fingerprint density at radius 2 is 2.28 bits per heavy atom. The number of piperidine rings is 1. The Morgan fingerprint density at radius 1 is 1.56 bits per heavy atom. The Bertz CT molecular complexity index is 466. The van der Waals surface area contributed by atoms with E-state index in [1.54, 1.807) is 18.2 Å². The van der Waals surface area contributed by atoms with Crippen molar-refractivity contribution in [1.82, 2.24) is 4.90 Å². The Hall–Kier alpha value is -0.300. The van der Waals surface area contributed by atoms with Crippen molar-refractivity contribution in [2.24, 2.45) is 5.92 Å². The molecule has 1 aliphatic heterocycles. The zero-order valence-electron chi connectivity index (χ0n) is 10.1. The van der Waals surface area contributed by atoms with Crippen molar-refractivity contribution >= 4 is 44.4 Å². The van der Waals surface area contributed by atoms with Crippen molar-refractivity contribution in [3.8, 4) is 5.75 Å². The van der Waals surface area contributed by atoms with E-state index in [1.807, 2.05) is 4.90 Å². The summed E-state index contributed by atoms with van der Waals surface area (Å²) in [5.74, 6) is 0.561. The zero-order valence-corrected chi connectivity index (χ0v) is 13.8. The first kappa shape index (κ1) is 14.1. The van der Waals surface area contributed by atoms with E-state index < -0.39 is 0 Å². The summed E-state index contributed by atoms with van der Waals surface area (Å²) >= 11 is 5.75. The molecule has 1 aliphatic rings. The number of halogens is 2. The number of hydrogen-bond acceptors (Lipinski definition) is 2. The second-order valence-corrected chi connectivity index (χ2v) is 7.12. The molecule has 2 unspecified atom stereocenters. The molecule has 2 atom stereocenters. The molecule has 0 aliphatic carbocycles. The van der Waals surface area contributed by atoms with Crippen molar-refractivity contribution in [3.63, 3.8) is 0 Å². The van der Waals surface area contributed by atoms with E-state index in [0.717, 1.165) is 16.5 Å². The maximum Gasteiger partial charge on any atom is 0.257 e. The van der Waals surface area contributed by atoms with E-state index in [0.29, 0.717) is 22.9 Å². The van der Waals surface area contributed by atoms with Crippen LogP contribution >= 0.6 is 38.5 Å². The van der Waals surface area contributed by atoms with Crippen LogP contribution in [0.4, 0.5) is 0 Å². The molecular weight excluding hydrogens is 409 g/mol. The van der Waals surface area contributed by atoms with Gasteiger partial charge in [0, 0.05) is 21.5 Å². The molecule has 0 saturated carbocycles. The number of carbonyl (C=O) groups is 1. The maximum absolute atomic E-state index is 12.4. The van der Waals surface area contributed by atoms with Crippen LogP contribution in [0.5, 0.6) is 5.75 Å². The average Bonchev–Trinajstić information content (AvgIpc) is 2.35. The molecule has 1 aromatic carbocycles. The third kappa shape index (κ3) is 2.99. The van der Waals surface area contributed by atoms with Crippen molar-refractivity contribution in [1.29, 1.82) is 0 Å². The minimum atomic E-state index is -0.0811. The zero-order chi connectivity index (χ0) is 13.3. The van der Waals surface area contributed by atoms with Gasteiger partial charge in [-0.25, -0.2) is 0 Å². The summed E-state index contributed by atoms with van der Waals surface area (Å²) in [7, 11) is 0. The number of benzene rings is 1. The molecule has 0 aromatic heterocycles. The first-order valence-electron chi connectivity index (χ1n) is 5.91. The van der Waals surface area contributed by atoms with Crippen LogP contribution in [0.3, 0.4) is 0 Å². The first-order valence-corrected chi connectivity index (χ1v) is 7.90. The van der Waals surface area contributed by atoms with Crippen LogP contribution in [0.1, 0.15) is 23.7 Å². The SMILES string of the molecule is CC1CCN(C(=O)c2cc(I)ccc2O)CC1Br. The molecule has 98 valence electrons. The van der Waals surface area contributed by atoms with Crippen molar-refractivity contribution in [2.45, 2.75) is 18.2 Å². The van der Waals surface area contributed by atoms with E-state index >= 15 is 0 Å². The number of hydrogen-bond donors (Lipinski definition) is 1. The summed E-state index contributed by atoms with van der Waals surface area (Å²) in [5.41, 5.74) is 0.399. The molecule has 1 fully saturated rings. The van der Waals surface area contributed by atoms with Gasteiger partial charge in [0.25, 0.3) is 5.91 Å². The number of aromatic hydroxyl groups is 1. The third-order valence-electron chi connectivity index (χ3n) is 3.34. The highest BCUT2D eigenvalue weighted by atomic mass is 127. The number of carbonyl (C=O) groups excluding carboxylic acids is 1. The summed E-state index contributed by atoms with van der Waals surface area (Å²) in [4.78, 5) is 14.5. The van der Waals surface area contributed by atoms with Gasteiger partial charge in [-0.2, -0.15) is 0 Å². The van der Waals surface area contributed by atoms with Gasteiger partial charge in [-0.3, -0.25) is 4.79 Å². The fourth-order valence-corrected chi connectivity index (χ4v) is 3.16. The first-order chi connectivity index (χ1) is 8.49. The second kappa shape index (κ2) is 5.77. The molecule has 0 radical (unpaired) electrons. The van der Waals surface area contributed by atoms with Crippen LogP contribution in [0.25, 0.3) is 0 Å². The average molecular weight is 424 g/mol. The van der Waals surface area contributed by atoms with E-state index in [9.17, 15) is 9.90 Å². The minimum Gasteiger partial charge on any atom is -0.507 e. The maximum atomic E-state index is 12.4. The topological polar surface area (TPSA) is 40.5 Å². The molecule has 1 heterocycles. The number of alkyl halides is 1. The number of phenols is 1. The van der Waals surface area contributed by atoms with Gasteiger partial charge in [0.2, 0.25) is 0 Å². The van der Waals surface area contributed by atoms with Gasteiger partial charge in [-0.05, 0) is 53.1 Å². The van der Waals surface area contributed by atoms with Gasteiger partial charge in [-0.1, -0.05) is 22.9 Å². The normalized spacial score (nSPS) is 24.1. The summed E-state index contributed by atoms with van der Waals surface area (Å²) in [6.07, 6.45) is 0.992. The molecule has 1 amide bonds. The van der Waals surface area contributed by atoms with Gasteiger partial charge >= 0.3 is 0 Å². The minimum absolute atomic E-state index is 0.0603. The monoisotopic (exact) mass is 423 g/mol. The molecule has 0 spiro atoms. The fraction of sp³-hybridized carbons (Fsp3) is 0.462. The number of nitrogens with zero attached hydrogens (tertiary/aromatic N) is 1. The highest BCUT2D eigenvalue weighted by molar-refractivity contribution is 14.1. The molecule has 1 saturated heterocycles. The second-order valence-electron chi connectivity index (χ2n) is 4.69. The molecule has 2 rings (SSSR count). The van der Waals surface area contributed by atoms with Crippen LogP contribution in [-0.2, 0) is 0 Å². The van der Waals surface area contributed by atoms with Gasteiger partial charge in [-0.15, -0.1) is 0 Å². The number of rotatable bonds is 1. The summed E-state index contributed by atoms with van der Waals surface area (Å²) < 4.78 is 0.953.